The fraction of sp³-hybridized carbons (Fsp3) is 0.643. The van der Waals surface area contributed by atoms with Crippen LogP contribution in [0, 0.1) is 0 Å². The van der Waals surface area contributed by atoms with Gasteiger partial charge in [0.1, 0.15) is 24.2 Å². The minimum absolute atomic E-state index is 0.113. The summed E-state index contributed by atoms with van der Waals surface area (Å²) in [5.41, 5.74) is 6.96. The maximum Gasteiger partial charge on any atom is 0.167 e. The van der Waals surface area contributed by atoms with Crippen LogP contribution in [0.3, 0.4) is 0 Å². The molecule has 0 amide bonds. The SMILES string of the molecule is Nc1ncnc2c1ncn2[C@H]1C[C@H](OC2CCCO2)[C@@H](CO)O1. The minimum atomic E-state index is -0.402. The van der Waals surface area contributed by atoms with Gasteiger partial charge in [0, 0.05) is 19.4 Å². The predicted octanol–water partition coefficient (Wildman–Crippen LogP) is 0.210. The van der Waals surface area contributed by atoms with Gasteiger partial charge in [0.25, 0.3) is 0 Å². The lowest BCUT2D eigenvalue weighted by Gasteiger charge is -2.20. The predicted molar refractivity (Wildman–Crippen MR) is 79.2 cm³/mol. The maximum absolute atomic E-state index is 9.57. The molecule has 23 heavy (non-hydrogen) atoms. The summed E-state index contributed by atoms with van der Waals surface area (Å²) in [5, 5.41) is 9.57. The van der Waals surface area contributed by atoms with Gasteiger partial charge in [-0.3, -0.25) is 4.57 Å². The number of aromatic nitrogens is 4. The molecule has 124 valence electrons. The fourth-order valence-electron chi connectivity index (χ4n) is 3.11. The van der Waals surface area contributed by atoms with E-state index in [2.05, 4.69) is 15.0 Å². The lowest BCUT2D eigenvalue weighted by Crippen LogP contribution is -2.31. The smallest absolute Gasteiger partial charge is 0.167 e. The molecule has 2 saturated heterocycles. The Morgan fingerprint density at radius 1 is 1.39 bits per heavy atom. The van der Waals surface area contributed by atoms with Crippen molar-refractivity contribution < 1.29 is 19.3 Å². The summed E-state index contributed by atoms with van der Waals surface area (Å²) >= 11 is 0. The van der Waals surface area contributed by atoms with Crippen molar-refractivity contribution in [3.05, 3.63) is 12.7 Å². The summed E-state index contributed by atoms with van der Waals surface area (Å²) in [4.78, 5) is 12.4. The Labute approximate surface area is 132 Å². The fourth-order valence-corrected chi connectivity index (χ4v) is 3.11. The van der Waals surface area contributed by atoms with Gasteiger partial charge in [0.05, 0.1) is 19.0 Å². The van der Waals surface area contributed by atoms with Gasteiger partial charge in [0.15, 0.2) is 17.8 Å². The minimum Gasteiger partial charge on any atom is -0.394 e. The average Bonchev–Trinajstić information content (AvgIpc) is 3.26. The first-order valence-corrected chi connectivity index (χ1v) is 7.72. The number of hydrogen-bond acceptors (Lipinski definition) is 8. The zero-order chi connectivity index (χ0) is 15.8. The number of fused-ring (bicyclic) bond motifs is 1. The van der Waals surface area contributed by atoms with Gasteiger partial charge in [-0.15, -0.1) is 0 Å². The van der Waals surface area contributed by atoms with Crippen LogP contribution in [-0.2, 0) is 14.2 Å². The summed E-state index contributed by atoms with van der Waals surface area (Å²) < 4.78 is 19.2. The van der Waals surface area contributed by atoms with Crippen molar-refractivity contribution in [3.63, 3.8) is 0 Å². The second-order valence-corrected chi connectivity index (χ2v) is 5.75. The molecule has 2 aromatic rings. The molecule has 0 spiro atoms. The van der Waals surface area contributed by atoms with Crippen LogP contribution in [0.4, 0.5) is 5.82 Å². The Balaban J connectivity index is 1.56. The topological polar surface area (TPSA) is 118 Å². The van der Waals surface area contributed by atoms with Crippen LogP contribution in [0.2, 0.25) is 0 Å². The first-order chi connectivity index (χ1) is 11.3. The standard InChI is InChI=1S/C14H19N5O4/c15-13-12-14(17-6-16-13)19(7-18-12)10-4-8(9(5-20)22-10)23-11-2-1-3-21-11/h6-11,20H,1-5H2,(H2,15,16,17)/t8-,9+,10+,11?/m0/s1. The Morgan fingerprint density at radius 2 is 2.30 bits per heavy atom. The Morgan fingerprint density at radius 3 is 3.09 bits per heavy atom. The quantitative estimate of drug-likeness (QED) is 0.820. The van der Waals surface area contributed by atoms with Gasteiger partial charge < -0.3 is 25.1 Å². The number of anilines is 1. The van der Waals surface area contributed by atoms with E-state index in [-0.39, 0.29) is 25.2 Å². The lowest BCUT2D eigenvalue weighted by atomic mass is 10.2. The molecule has 1 unspecified atom stereocenters. The van der Waals surface area contributed by atoms with Crippen molar-refractivity contribution in [2.45, 2.75) is 44.0 Å². The molecular weight excluding hydrogens is 302 g/mol. The molecule has 4 heterocycles. The third kappa shape index (κ3) is 2.65. The molecule has 2 aliphatic rings. The number of rotatable bonds is 4. The van der Waals surface area contributed by atoms with Crippen LogP contribution in [0.25, 0.3) is 11.2 Å². The van der Waals surface area contributed by atoms with Gasteiger partial charge in [-0.1, -0.05) is 0 Å². The molecular formula is C14H19N5O4. The molecule has 0 aliphatic carbocycles. The molecule has 9 nitrogen and oxygen atoms in total. The van der Waals surface area contributed by atoms with E-state index in [1.807, 2.05) is 0 Å². The largest absolute Gasteiger partial charge is 0.394 e. The van der Waals surface area contributed by atoms with Crippen molar-refractivity contribution in [1.82, 2.24) is 19.5 Å². The summed E-state index contributed by atoms with van der Waals surface area (Å²) in [7, 11) is 0. The van der Waals surface area contributed by atoms with Crippen molar-refractivity contribution in [2.24, 2.45) is 0 Å². The molecule has 4 rings (SSSR count). The molecule has 0 aromatic carbocycles. The van der Waals surface area contributed by atoms with E-state index in [0.717, 1.165) is 12.8 Å². The zero-order valence-electron chi connectivity index (χ0n) is 12.5. The number of ether oxygens (including phenoxy) is 3. The molecule has 4 atom stereocenters. The number of hydrogen-bond donors (Lipinski definition) is 2. The van der Waals surface area contributed by atoms with Crippen LogP contribution in [0.1, 0.15) is 25.5 Å². The molecule has 0 saturated carbocycles. The van der Waals surface area contributed by atoms with E-state index in [4.69, 9.17) is 19.9 Å². The van der Waals surface area contributed by atoms with E-state index in [1.54, 1.807) is 10.9 Å². The van der Waals surface area contributed by atoms with E-state index in [0.29, 0.717) is 30.0 Å². The molecule has 9 heteroatoms. The highest BCUT2D eigenvalue weighted by atomic mass is 16.7. The molecule has 0 bridgehead atoms. The van der Waals surface area contributed by atoms with Crippen molar-refractivity contribution in [1.29, 1.82) is 0 Å². The monoisotopic (exact) mass is 321 g/mol. The van der Waals surface area contributed by atoms with E-state index >= 15 is 0 Å². The molecule has 0 radical (unpaired) electrons. The van der Waals surface area contributed by atoms with Crippen LogP contribution in [-0.4, -0.2) is 56.3 Å². The highest BCUT2D eigenvalue weighted by Gasteiger charge is 2.39. The third-order valence-corrected chi connectivity index (χ3v) is 4.27. The Hall–Kier alpha value is -1.81. The number of aliphatic hydroxyl groups excluding tert-OH is 1. The van der Waals surface area contributed by atoms with E-state index in [1.165, 1.54) is 6.33 Å². The Bertz CT molecular complexity index is 687. The number of nitrogens with zero attached hydrogens (tertiary/aromatic N) is 4. The van der Waals surface area contributed by atoms with Gasteiger partial charge in [-0.05, 0) is 6.42 Å². The van der Waals surface area contributed by atoms with Crippen LogP contribution >= 0.6 is 0 Å². The Kier molecular flexibility index (Phi) is 3.85. The number of aliphatic hydroxyl groups is 1. The van der Waals surface area contributed by atoms with Gasteiger partial charge >= 0.3 is 0 Å². The van der Waals surface area contributed by atoms with E-state index in [9.17, 15) is 5.11 Å². The van der Waals surface area contributed by atoms with Crippen molar-refractivity contribution in [3.8, 4) is 0 Å². The maximum atomic E-state index is 9.57. The first kappa shape index (κ1) is 14.8. The van der Waals surface area contributed by atoms with Gasteiger partial charge in [0.2, 0.25) is 0 Å². The molecule has 2 aliphatic heterocycles. The highest BCUT2D eigenvalue weighted by Crippen LogP contribution is 2.34. The van der Waals surface area contributed by atoms with Crippen LogP contribution in [0.15, 0.2) is 12.7 Å². The van der Waals surface area contributed by atoms with Crippen LogP contribution in [0.5, 0.6) is 0 Å². The summed E-state index contributed by atoms with van der Waals surface area (Å²) in [6.07, 6.45) is 4.31. The number of nitrogen functional groups attached to an aromatic ring is 1. The van der Waals surface area contributed by atoms with Crippen LogP contribution < -0.4 is 5.73 Å². The average molecular weight is 321 g/mol. The van der Waals surface area contributed by atoms with E-state index < -0.39 is 6.10 Å². The van der Waals surface area contributed by atoms with Crippen molar-refractivity contribution >= 4 is 17.0 Å². The zero-order valence-corrected chi connectivity index (χ0v) is 12.5. The summed E-state index contributed by atoms with van der Waals surface area (Å²) in [5.74, 6) is 0.331. The second kappa shape index (κ2) is 6.00. The lowest BCUT2D eigenvalue weighted by molar-refractivity contribution is -0.162. The van der Waals surface area contributed by atoms with Gasteiger partial charge in [-0.2, -0.15) is 0 Å². The van der Waals surface area contributed by atoms with Crippen molar-refractivity contribution in [2.75, 3.05) is 18.9 Å². The summed E-state index contributed by atoms with van der Waals surface area (Å²) in [6.45, 7) is 0.603. The molecule has 2 aromatic heterocycles. The number of nitrogens with two attached hydrogens (primary N) is 1. The van der Waals surface area contributed by atoms with Gasteiger partial charge in [-0.25, -0.2) is 15.0 Å². The first-order valence-electron chi connectivity index (χ1n) is 7.72. The molecule has 2 fully saturated rings. The normalized spacial score (nSPS) is 31.2. The number of imidazole rings is 1. The molecule has 3 N–H and O–H groups in total. The highest BCUT2D eigenvalue weighted by molar-refractivity contribution is 5.81. The summed E-state index contributed by atoms with van der Waals surface area (Å²) in [6, 6.07) is 0. The second-order valence-electron chi connectivity index (χ2n) is 5.75. The third-order valence-electron chi connectivity index (χ3n) is 4.27.